The quantitative estimate of drug-likeness (QED) is 0.883. The van der Waals surface area contributed by atoms with Crippen LogP contribution >= 0.6 is 0 Å². The van der Waals surface area contributed by atoms with E-state index in [0.717, 1.165) is 13.1 Å². The van der Waals surface area contributed by atoms with Gasteiger partial charge in [0.15, 0.2) is 0 Å². The largest absolute Gasteiger partial charge is 0.496 e. The molecule has 1 fully saturated rings. The van der Waals surface area contributed by atoms with Gasteiger partial charge >= 0.3 is 6.18 Å². The molecule has 1 aliphatic heterocycles. The van der Waals surface area contributed by atoms with Crippen molar-refractivity contribution in [1.29, 1.82) is 0 Å². The molecule has 0 aromatic heterocycles. The highest BCUT2D eigenvalue weighted by molar-refractivity contribution is 5.39. The maximum absolute atomic E-state index is 12.8. The summed E-state index contributed by atoms with van der Waals surface area (Å²) in [4.78, 5) is 0. The first-order valence-corrected chi connectivity index (χ1v) is 5.45. The van der Waals surface area contributed by atoms with Gasteiger partial charge in [0.2, 0.25) is 0 Å². The minimum atomic E-state index is -4.36. The Hall–Kier alpha value is -1.23. The average Bonchev–Trinajstić information content (AvgIpc) is 2.22. The van der Waals surface area contributed by atoms with E-state index in [4.69, 9.17) is 4.74 Å². The van der Waals surface area contributed by atoms with Crippen molar-refractivity contribution in [1.82, 2.24) is 5.32 Å². The molecular weight excluding hydrogens is 231 g/mol. The zero-order valence-electron chi connectivity index (χ0n) is 9.47. The molecule has 1 aromatic rings. The Kier molecular flexibility index (Phi) is 3.28. The summed E-state index contributed by atoms with van der Waals surface area (Å²) in [7, 11) is 1.25. The predicted molar refractivity (Wildman–Crippen MR) is 58.1 cm³/mol. The molecular formula is C12H14F3NO. The van der Waals surface area contributed by atoms with E-state index >= 15 is 0 Å². The number of rotatable bonds is 3. The van der Waals surface area contributed by atoms with Gasteiger partial charge in [0.25, 0.3) is 0 Å². The second-order valence-corrected chi connectivity index (χ2v) is 4.26. The monoisotopic (exact) mass is 245 g/mol. The third kappa shape index (κ3) is 2.72. The number of benzene rings is 1. The third-order valence-electron chi connectivity index (χ3n) is 2.96. The van der Waals surface area contributed by atoms with E-state index in [1.807, 2.05) is 0 Å². The van der Waals surface area contributed by atoms with Crippen molar-refractivity contribution in [2.75, 3.05) is 20.2 Å². The van der Waals surface area contributed by atoms with Crippen LogP contribution < -0.4 is 10.1 Å². The van der Waals surface area contributed by atoms with Crippen LogP contribution in [-0.2, 0) is 12.6 Å². The van der Waals surface area contributed by atoms with Crippen LogP contribution in [0, 0.1) is 5.92 Å². The number of hydrogen-bond acceptors (Lipinski definition) is 2. The summed E-state index contributed by atoms with van der Waals surface area (Å²) in [5.74, 6) is 0.331. The van der Waals surface area contributed by atoms with Gasteiger partial charge in [-0.2, -0.15) is 13.2 Å². The predicted octanol–water partition coefficient (Wildman–Crippen LogP) is 2.48. The second-order valence-electron chi connectivity index (χ2n) is 4.26. The third-order valence-corrected chi connectivity index (χ3v) is 2.96. The molecule has 1 aromatic carbocycles. The lowest BCUT2D eigenvalue weighted by molar-refractivity contribution is -0.138. The molecule has 17 heavy (non-hydrogen) atoms. The molecule has 0 unspecified atom stereocenters. The molecule has 0 bridgehead atoms. The molecule has 94 valence electrons. The van der Waals surface area contributed by atoms with Gasteiger partial charge in [0.1, 0.15) is 5.75 Å². The van der Waals surface area contributed by atoms with E-state index in [0.29, 0.717) is 17.9 Å². The normalized spacial score (nSPS) is 16.7. The molecule has 1 N–H and O–H groups in total. The minimum absolute atomic E-state index is 0.118. The molecule has 0 spiro atoms. The van der Waals surface area contributed by atoms with Gasteiger partial charge in [-0.1, -0.05) is 6.07 Å². The first-order valence-electron chi connectivity index (χ1n) is 5.45. The highest BCUT2D eigenvalue weighted by atomic mass is 19.4. The number of nitrogens with one attached hydrogen (secondary N) is 1. The lowest BCUT2D eigenvalue weighted by atomic mass is 9.93. The minimum Gasteiger partial charge on any atom is -0.496 e. The number of methoxy groups -OCH3 is 1. The number of hydrogen-bond donors (Lipinski definition) is 1. The van der Waals surface area contributed by atoms with Gasteiger partial charge < -0.3 is 10.1 Å². The summed E-state index contributed by atoms with van der Waals surface area (Å²) < 4.78 is 43.0. The van der Waals surface area contributed by atoms with Crippen LogP contribution in [0.2, 0.25) is 0 Å². The maximum atomic E-state index is 12.8. The highest BCUT2D eigenvalue weighted by Gasteiger charge is 2.34. The van der Waals surface area contributed by atoms with Crippen LogP contribution in [0.4, 0.5) is 13.2 Å². The molecule has 2 nitrogen and oxygen atoms in total. The molecule has 1 saturated heterocycles. The zero-order valence-corrected chi connectivity index (χ0v) is 9.47. The summed E-state index contributed by atoms with van der Waals surface area (Å²) in [6.45, 7) is 1.76. The van der Waals surface area contributed by atoms with Crippen LogP contribution in [0.25, 0.3) is 0 Å². The van der Waals surface area contributed by atoms with Crippen molar-refractivity contribution in [2.24, 2.45) is 5.92 Å². The van der Waals surface area contributed by atoms with Crippen LogP contribution in [0.3, 0.4) is 0 Å². The molecule has 0 radical (unpaired) electrons. The number of halogens is 3. The Balaban J connectivity index is 2.24. The van der Waals surface area contributed by atoms with Gasteiger partial charge in [0.05, 0.1) is 12.7 Å². The topological polar surface area (TPSA) is 21.3 Å². The SMILES string of the molecule is COc1ccc(CC2CNC2)cc1C(F)(F)F. The molecule has 0 atom stereocenters. The van der Waals surface area contributed by atoms with Crippen LogP contribution in [-0.4, -0.2) is 20.2 Å². The highest BCUT2D eigenvalue weighted by Crippen LogP contribution is 2.37. The number of alkyl halides is 3. The molecule has 1 aliphatic rings. The summed E-state index contributed by atoms with van der Waals surface area (Å²) in [5.41, 5.74) is 0.0226. The fourth-order valence-electron chi connectivity index (χ4n) is 1.93. The van der Waals surface area contributed by atoms with Gasteiger partial charge in [-0.15, -0.1) is 0 Å². The Morgan fingerprint density at radius 2 is 2.06 bits per heavy atom. The van der Waals surface area contributed by atoms with E-state index in [-0.39, 0.29) is 5.75 Å². The smallest absolute Gasteiger partial charge is 0.419 e. The molecule has 2 rings (SSSR count). The van der Waals surface area contributed by atoms with E-state index in [2.05, 4.69) is 5.32 Å². The summed E-state index contributed by atoms with van der Waals surface area (Å²) in [5, 5.41) is 3.10. The van der Waals surface area contributed by atoms with Gasteiger partial charge in [0, 0.05) is 0 Å². The van der Waals surface area contributed by atoms with E-state index in [9.17, 15) is 13.2 Å². The first kappa shape index (κ1) is 12.2. The Bertz CT molecular complexity index is 399. The summed E-state index contributed by atoms with van der Waals surface area (Å²) >= 11 is 0. The van der Waals surface area contributed by atoms with E-state index in [1.54, 1.807) is 6.07 Å². The maximum Gasteiger partial charge on any atom is 0.419 e. The summed E-state index contributed by atoms with van der Waals surface area (Å²) in [6, 6.07) is 4.29. The zero-order chi connectivity index (χ0) is 12.5. The Morgan fingerprint density at radius 3 is 2.53 bits per heavy atom. The van der Waals surface area contributed by atoms with E-state index in [1.165, 1.54) is 19.2 Å². The molecule has 5 heteroatoms. The number of ether oxygens (including phenoxy) is 1. The lowest BCUT2D eigenvalue weighted by Crippen LogP contribution is -2.43. The van der Waals surface area contributed by atoms with Crippen LogP contribution in [0.15, 0.2) is 18.2 Å². The van der Waals surface area contributed by atoms with Crippen LogP contribution in [0.5, 0.6) is 5.75 Å². The van der Waals surface area contributed by atoms with Crippen molar-refractivity contribution in [3.63, 3.8) is 0 Å². The lowest BCUT2D eigenvalue weighted by Gasteiger charge is -2.27. The molecule has 0 amide bonds. The van der Waals surface area contributed by atoms with Gasteiger partial charge in [-0.3, -0.25) is 0 Å². The second kappa shape index (κ2) is 4.56. The standard InChI is InChI=1S/C12H14F3NO/c1-17-11-3-2-8(4-9-6-16-7-9)5-10(11)12(13,14)15/h2-3,5,9,16H,4,6-7H2,1H3. The summed E-state index contributed by atoms with van der Waals surface area (Å²) in [6.07, 6.45) is -3.68. The Morgan fingerprint density at radius 1 is 1.35 bits per heavy atom. The molecule has 1 heterocycles. The molecule has 0 saturated carbocycles. The fourth-order valence-corrected chi connectivity index (χ4v) is 1.93. The Labute approximate surface area is 97.8 Å². The van der Waals surface area contributed by atoms with Gasteiger partial charge in [-0.25, -0.2) is 0 Å². The van der Waals surface area contributed by atoms with Crippen molar-refractivity contribution in [3.8, 4) is 5.75 Å². The van der Waals surface area contributed by atoms with Gasteiger partial charge in [-0.05, 0) is 43.1 Å². The first-order chi connectivity index (χ1) is 8.00. The molecule has 0 aliphatic carbocycles. The van der Waals surface area contributed by atoms with E-state index < -0.39 is 11.7 Å². The van der Waals surface area contributed by atoms with Crippen molar-refractivity contribution < 1.29 is 17.9 Å². The van der Waals surface area contributed by atoms with Crippen molar-refractivity contribution in [3.05, 3.63) is 29.3 Å². The van der Waals surface area contributed by atoms with Crippen molar-refractivity contribution in [2.45, 2.75) is 12.6 Å². The fraction of sp³-hybridized carbons (Fsp3) is 0.500. The van der Waals surface area contributed by atoms with Crippen molar-refractivity contribution >= 4 is 0 Å². The van der Waals surface area contributed by atoms with Crippen LogP contribution in [0.1, 0.15) is 11.1 Å². The average molecular weight is 245 g/mol.